The lowest BCUT2D eigenvalue weighted by Gasteiger charge is -2.29. The first kappa shape index (κ1) is 16.8. The molecule has 3 rings (SSSR count). The number of Topliss-reactive ketones (excluding diaryl/α,β-unsaturated/α-hetero) is 1. The second kappa shape index (κ2) is 6.08. The van der Waals surface area contributed by atoms with Crippen molar-refractivity contribution in [1.29, 1.82) is 0 Å². The molecule has 7 heteroatoms. The number of ether oxygens (including phenoxy) is 3. The molecule has 25 heavy (non-hydrogen) atoms. The average Bonchev–Trinajstić information content (AvgIpc) is 2.58. The lowest BCUT2D eigenvalue weighted by Crippen LogP contribution is -2.33. The van der Waals surface area contributed by atoms with Gasteiger partial charge >= 0.3 is 0 Å². The smallest absolute Gasteiger partial charge is 0.221 e. The van der Waals surface area contributed by atoms with Gasteiger partial charge in [-0.2, -0.15) is 0 Å². The van der Waals surface area contributed by atoms with E-state index in [4.69, 9.17) is 14.2 Å². The van der Waals surface area contributed by atoms with Gasteiger partial charge in [-0.3, -0.25) is 14.4 Å². The summed E-state index contributed by atoms with van der Waals surface area (Å²) in [6.07, 6.45) is 1.13. The lowest BCUT2D eigenvalue weighted by atomic mass is 9.89. The van der Waals surface area contributed by atoms with Crippen LogP contribution in [0.5, 0.6) is 17.2 Å². The van der Waals surface area contributed by atoms with Crippen LogP contribution in [-0.2, 0) is 14.3 Å². The van der Waals surface area contributed by atoms with E-state index in [1.54, 1.807) is 6.92 Å². The molecule has 1 heterocycles. The number of allylic oxidation sites excluding steroid dienone is 2. The number of rotatable bonds is 3. The standard InChI is InChI=1S/C18H16O7/c1-8-14(23-2)6-12(21)17-13(22)7-15(25-18(8)17)9-4-11(20)16(24-3)5-10(9)19/h4-6,15,21H,7H2,1-3H3/t15-/m0/s1. The Kier molecular flexibility index (Phi) is 4.08. The van der Waals surface area contributed by atoms with E-state index >= 15 is 0 Å². The fraction of sp³-hybridized carbons (Fsp3) is 0.278. The Bertz CT molecular complexity index is 861. The minimum Gasteiger partial charge on any atom is -0.507 e. The molecule has 0 saturated carbocycles. The van der Waals surface area contributed by atoms with Crippen molar-refractivity contribution >= 4 is 17.3 Å². The third kappa shape index (κ3) is 2.67. The molecule has 0 aromatic heterocycles. The summed E-state index contributed by atoms with van der Waals surface area (Å²) < 4.78 is 15.8. The molecule has 0 unspecified atom stereocenters. The van der Waals surface area contributed by atoms with Gasteiger partial charge < -0.3 is 19.3 Å². The largest absolute Gasteiger partial charge is 0.507 e. The highest BCUT2D eigenvalue weighted by Gasteiger charge is 2.37. The number of aromatic hydroxyl groups is 1. The Morgan fingerprint density at radius 2 is 1.84 bits per heavy atom. The number of benzene rings is 1. The van der Waals surface area contributed by atoms with E-state index in [-0.39, 0.29) is 40.6 Å². The van der Waals surface area contributed by atoms with Crippen LogP contribution in [0.4, 0.5) is 0 Å². The summed E-state index contributed by atoms with van der Waals surface area (Å²) >= 11 is 0. The molecule has 1 N–H and O–H groups in total. The molecule has 2 aliphatic rings. The SMILES string of the molecule is COC1=CC(=O)C([C@@H]2CC(=O)c3c(O)cc(OC)c(C)c3O2)=CC1=O. The molecule has 1 atom stereocenters. The number of phenolic OH excluding ortho intramolecular Hbond substituents is 1. The number of carbonyl (C=O) groups excluding carboxylic acids is 3. The summed E-state index contributed by atoms with van der Waals surface area (Å²) in [4.78, 5) is 36.7. The van der Waals surface area contributed by atoms with Crippen molar-refractivity contribution < 1.29 is 33.7 Å². The molecule has 0 saturated heterocycles. The summed E-state index contributed by atoms with van der Waals surface area (Å²) in [5, 5.41) is 10.1. The molecule has 0 fully saturated rings. The average molecular weight is 344 g/mol. The second-order valence-electron chi connectivity index (χ2n) is 5.70. The van der Waals surface area contributed by atoms with Crippen LogP contribution < -0.4 is 9.47 Å². The third-order valence-corrected chi connectivity index (χ3v) is 4.23. The van der Waals surface area contributed by atoms with Crippen molar-refractivity contribution in [1.82, 2.24) is 0 Å². The van der Waals surface area contributed by atoms with Gasteiger partial charge in [-0.1, -0.05) is 0 Å². The summed E-state index contributed by atoms with van der Waals surface area (Å²) in [6.45, 7) is 1.68. The lowest BCUT2D eigenvalue weighted by molar-refractivity contribution is -0.117. The van der Waals surface area contributed by atoms with Crippen molar-refractivity contribution in [2.45, 2.75) is 19.4 Å². The second-order valence-corrected chi connectivity index (χ2v) is 5.70. The van der Waals surface area contributed by atoms with Crippen LogP contribution >= 0.6 is 0 Å². The molecule has 7 nitrogen and oxygen atoms in total. The van der Waals surface area contributed by atoms with Crippen LogP contribution in [0.15, 0.2) is 29.6 Å². The van der Waals surface area contributed by atoms with E-state index in [0.717, 1.165) is 12.2 Å². The maximum Gasteiger partial charge on any atom is 0.221 e. The number of carbonyl (C=O) groups is 3. The van der Waals surface area contributed by atoms with Crippen molar-refractivity contribution in [3.8, 4) is 17.2 Å². The molecule has 1 aliphatic carbocycles. The number of ketones is 3. The quantitative estimate of drug-likeness (QED) is 0.832. The molecule has 0 bridgehead atoms. The molecule has 0 radical (unpaired) electrons. The maximum atomic E-state index is 12.5. The fourth-order valence-electron chi connectivity index (χ4n) is 2.95. The van der Waals surface area contributed by atoms with Gasteiger partial charge in [0, 0.05) is 29.4 Å². The number of fused-ring (bicyclic) bond motifs is 1. The highest BCUT2D eigenvalue weighted by molar-refractivity contribution is 6.20. The Hall–Kier alpha value is -3.09. The number of methoxy groups -OCH3 is 2. The van der Waals surface area contributed by atoms with Crippen LogP contribution in [0.3, 0.4) is 0 Å². The first-order chi connectivity index (χ1) is 11.9. The van der Waals surface area contributed by atoms with Gasteiger partial charge in [0.25, 0.3) is 0 Å². The summed E-state index contributed by atoms with van der Waals surface area (Å²) in [6, 6.07) is 1.35. The van der Waals surface area contributed by atoms with E-state index in [2.05, 4.69) is 0 Å². The Morgan fingerprint density at radius 3 is 2.48 bits per heavy atom. The van der Waals surface area contributed by atoms with Gasteiger partial charge in [-0.15, -0.1) is 0 Å². The fourth-order valence-corrected chi connectivity index (χ4v) is 2.95. The first-order valence-corrected chi connectivity index (χ1v) is 7.53. The maximum absolute atomic E-state index is 12.5. The van der Waals surface area contributed by atoms with Gasteiger partial charge in [0.2, 0.25) is 5.78 Å². The van der Waals surface area contributed by atoms with Crippen molar-refractivity contribution in [3.05, 3.63) is 40.7 Å². The van der Waals surface area contributed by atoms with E-state index in [1.807, 2.05) is 0 Å². The summed E-state index contributed by atoms with van der Waals surface area (Å²) in [5.74, 6) is -1.11. The molecule has 0 amide bonds. The first-order valence-electron chi connectivity index (χ1n) is 7.53. The third-order valence-electron chi connectivity index (χ3n) is 4.23. The molecule has 130 valence electrons. The molecule has 1 aliphatic heterocycles. The van der Waals surface area contributed by atoms with Gasteiger partial charge in [-0.05, 0) is 6.92 Å². The van der Waals surface area contributed by atoms with Crippen LogP contribution in [0, 0.1) is 6.92 Å². The topological polar surface area (TPSA) is 99.1 Å². The zero-order valence-electron chi connectivity index (χ0n) is 13.9. The van der Waals surface area contributed by atoms with Gasteiger partial charge in [0.15, 0.2) is 17.3 Å². The van der Waals surface area contributed by atoms with Crippen LogP contribution in [0.2, 0.25) is 0 Å². The minimum absolute atomic E-state index is 0.0536. The van der Waals surface area contributed by atoms with E-state index < -0.39 is 17.7 Å². The molecule has 1 aromatic rings. The Labute approximate surface area is 143 Å². The van der Waals surface area contributed by atoms with Crippen LogP contribution in [-0.4, -0.2) is 42.8 Å². The molecular weight excluding hydrogens is 328 g/mol. The zero-order valence-corrected chi connectivity index (χ0v) is 13.9. The number of phenols is 1. The molecule has 0 spiro atoms. The number of hydrogen-bond acceptors (Lipinski definition) is 7. The number of hydrogen-bond donors (Lipinski definition) is 1. The molecule has 1 aromatic carbocycles. The van der Waals surface area contributed by atoms with Crippen molar-refractivity contribution in [2.24, 2.45) is 0 Å². The van der Waals surface area contributed by atoms with Gasteiger partial charge in [0.05, 0.1) is 20.6 Å². The Balaban J connectivity index is 2.03. The minimum atomic E-state index is -0.920. The van der Waals surface area contributed by atoms with Crippen LogP contribution in [0.25, 0.3) is 0 Å². The Morgan fingerprint density at radius 1 is 1.12 bits per heavy atom. The monoisotopic (exact) mass is 344 g/mol. The van der Waals surface area contributed by atoms with E-state index in [9.17, 15) is 19.5 Å². The summed E-state index contributed by atoms with van der Waals surface area (Å²) in [7, 11) is 2.73. The predicted molar refractivity (Wildman–Crippen MR) is 85.9 cm³/mol. The van der Waals surface area contributed by atoms with E-state index in [0.29, 0.717) is 11.3 Å². The summed E-state index contributed by atoms with van der Waals surface area (Å²) in [5.41, 5.74) is 0.654. The normalized spacial score (nSPS) is 19.6. The van der Waals surface area contributed by atoms with E-state index in [1.165, 1.54) is 20.3 Å². The predicted octanol–water partition coefficient (Wildman–Crippen LogP) is 1.65. The van der Waals surface area contributed by atoms with Crippen LogP contribution in [0.1, 0.15) is 22.3 Å². The highest BCUT2D eigenvalue weighted by atomic mass is 16.5. The molecular formula is C18H16O7. The highest BCUT2D eigenvalue weighted by Crippen LogP contribution is 2.43. The van der Waals surface area contributed by atoms with Gasteiger partial charge in [0.1, 0.15) is 28.9 Å². The van der Waals surface area contributed by atoms with Gasteiger partial charge in [-0.25, -0.2) is 0 Å². The zero-order chi connectivity index (χ0) is 18.3. The van der Waals surface area contributed by atoms with Crippen molar-refractivity contribution in [2.75, 3.05) is 14.2 Å². The van der Waals surface area contributed by atoms with Crippen molar-refractivity contribution in [3.63, 3.8) is 0 Å².